The predicted octanol–water partition coefficient (Wildman–Crippen LogP) is 1.82. The van der Waals surface area contributed by atoms with E-state index in [4.69, 9.17) is 5.26 Å². The van der Waals surface area contributed by atoms with Crippen molar-refractivity contribution in [1.29, 1.82) is 5.26 Å². The van der Waals surface area contributed by atoms with Crippen molar-refractivity contribution in [3.05, 3.63) is 0 Å². The van der Waals surface area contributed by atoms with Gasteiger partial charge in [0.2, 0.25) is 0 Å². The molecule has 0 aromatic rings. The predicted molar refractivity (Wildman–Crippen MR) is 76.4 cm³/mol. The molecule has 6 heteroatoms. The molecule has 1 unspecified atom stereocenters. The van der Waals surface area contributed by atoms with Gasteiger partial charge in [0.05, 0.1) is 17.9 Å². The van der Waals surface area contributed by atoms with Crippen LogP contribution in [0.15, 0.2) is 0 Å². The van der Waals surface area contributed by atoms with Gasteiger partial charge < -0.3 is 15.3 Å². The molecule has 0 radical (unpaired) electrons. The van der Waals surface area contributed by atoms with Crippen molar-refractivity contribution in [2.45, 2.75) is 38.5 Å². The monoisotopic (exact) mass is 293 g/mol. The van der Waals surface area contributed by atoms with Gasteiger partial charge in [-0.25, -0.2) is 4.79 Å². The van der Waals surface area contributed by atoms with Gasteiger partial charge in [0, 0.05) is 19.6 Å². The molecule has 6 nitrogen and oxygen atoms in total. The standard InChI is InChI=1S/C15H23N3O3/c16-7-11-9-18(10-11)15(21)17-8-13(14(19)20)12-5-3-1-2-4-6-12/h11-13H,1-6,8-10H2,(H,17,21)(H,19,20). The molecule has 116 valence electrons. The highest BCUT2D eigenvalue weighted by Crippen LogP contribution is 2.29. The zero-order chi connectivity index (χ0) is 15.2. The van der Waals surface area contributed by atoms with Crippen molar-refractivity contribution in [3.63, 3.8) is 0 Å². The van der Waals surface area contributed by atoms with Crippen LogP contribution < -0.4 is 5.32 Å². The number of rotatable bonds is 4. The lowest BCUT2D eigenvalue weighted by atomic mass is 9.86. The van der Waals surface area contributed by atoms with E-state index in [0.29, 0.717) is 13.1 Å². The van der Waals surface area contributed by atoms with E-state index in [9.17, 15) is 14.7 Å². The fraction of sp³-hybridized carbons (Fsp3) is 0.800. The number of nitriles is 1. The first kappa shape index (κ1) is 15.6. The molecule has 2 aliphatic rings. The summed E-state index contributed by atoms with van der Waals surface area (Å²) >= 11 is 0. The van der Waals surface area contributed by atoms with E-state index >= 15 is 0 Å². The number of carboxylic acids is 1. The number of hydrogen-bond acceptors (Lipinski definition) is 3. The van der Waals surface area contributed by atoms with Crippen LogP contribution in [0.1, 0.15) is 38.5 Å². The van der Waals surface area contributed by atoms with Gasteiger partial charge in [-0.05, 0) is 18.8 Å². The quantitative estimate of drug-likeness (QED) is 0.773. The maximum Gasteiger partial charge on any atom is 0.317 e. The van der Waals surface area contributed by atoms with Gasteiger partial charge in [0.25, 0.3) is 0 Å². The van der Waals surface area contributed by atoms with Crippen LogP contribution in [0.5, 0.6) is 0 Å². The van der Waals surface area contributed by atoms with E-state index in [-0.39, 0.29) is 24.4 Å². The zero-order valence-electron chi connectivity index (χ0n) is 12.3. The number of nitrogens with one attached hydrogen (secondary N) is 1. The Balaban J connectivity index is 1.81. The number of carbonyl (C=O) groups is 2. The van der Waals surface area contributed by atoms with Crippen LogP contribution in [-0.2, 0) is 4.79 Å². The van der Waals surface area contributed by atoms with Crippen LogP contribution in [0, 0.1) is 29.1 Å². The first-order valence-electron chi connectivity index (χ1n) is 7.77. The average Bonchev–Trinajstić information content (AvgIpc) is 2.66. The average molecular weight is 293 g/mol. The Kier molecular flexibility index (Phi) is 5.43. The molecular formula is C15H23N3O3. The number of carboxylic acid groups (broad SMARTS) is 1. The molecule has 21 heavy (non-hydrogen) atoms. The summed E-state index contributed by atoms with van der Waals surface area (Å²) in [6.45, 7) is 1.08. The lowest BCUT2D eigenvalue weighted by Crippen LogP contribution is -2.54. The van der Waals surface area contributed by atoms with Crippen molar-refractivity contribution in [1.82, 2.24) is 10.2 Å². The van der Waals surface area contributed by atoms with Crippen molar-refractivity contribution in [3.8, 4) is 6.07 Å². The lowest BCUT2D eigenvalue weighted by molar-refractivity contribution is -0.143. The van der Waals surface area contributed by atoms with Gasteiger partial charge in [-0.3, -0.25) is 4.79 Å². The Hall–Kier alpha value is -1.77. The fourth-order valence-electron chi connectivity index (χ4n) is 3.20. The third-order valence-corrected chi connectivity index (χ3v) is 4.61. The van der Waals surface area contributed by atoms with Gasteiger partial charge in [-0.15, -0.1) is 0 Å². The van der Waals surface area contributed by atoms with Crippen molar-refractivity contribution < 1.29 is 14.7 Å². The Morgan fingerprint density at radius 3 is 2.38 bits per heavy atom. The smallest absolute Gasteiger partial charge is 0.317 e. The second-order valence-corrected chi connectivity index (χ2v) is 6.11. The van der Waals surface area contributed by atoms with E-state index < -0.39 is 11.9 Å². The Labute approximate surface area is 125 Å². The van der Waals surface area contributed by atoms with Crippen molar-refractivity contribution in [2.75, 3.05) is 19.6 Å². The Morgan fingerprint density at radius 2 is 1.86 bits per heavy atom. The number of likely N-dealkylation sites (tertiary alicyclic amines) is 1. The van der Waals surface area contributed by atoms with Gasteiger partial charge in [-0.1, -0.05) is 25.7 Å². The van der Waals surface area contributed by atoms with E-state index in [1.165, 1.54) is 12.8 Å². The highest BCUT2D eigenvalue weighted by atomic mass is 16.4. The zero-order valence-corrected chi connectivity index (χ0v) is 12.3. The van der Waals surface area contributed by atoms with E-state index in [0.717, 1.165) is 25.7 Å². The summed E-state index contributed by atoms with van der Waals surface area (Å²) in [5.41, 5.74) is 0. The summed E-state index contributed by atoms with van der Waals surface area (Å²) < 4.78 is 0. The first-order chi connectivity index (χ1) is 10.1. The van der Waals surface area contributed by atoms with Gasteiger partial charge in [0.1, 0.15) is 0 Å². The minimum Gasteiger partial charge on any atom is -0.481 e. The van der Waals surface area contributed by atoms with E-state index in [1.54, 1.807) is 4.90 Å². The number of amides is 2. The molecule has 0 bridgehead atoms. The molecule has 1 atom stereocenters. The third kappa shape index (κ3) is 4.10. The molecule has 1 saturated heterocycles. The number of aliphatic carboxylic acids is 1. The minimum atomic E-state index is -0.819. The highest BCUT2D eigenvalue weighted by molar-refractivity contribution is 5.77. The summed E-state index contributed by atoms with van der Waals surface area (Å²) in [5, 5.41) is 20.8. The molecule has 1 saturated carbocycles. The maximum atomic E-state index is 11.9. The van der Waals surface area contributed by atoms with Gasteiger partial charge in [-0.2, -0.15) is 5.26 Å². The highest BCUT2D eigenvalue weighted by Gasteiger charge is 2.33. The van der Waals surface area contributed by atoms with Crippen LogP contribution in [0.3, 0.4) is 0 Å². The third-order valence-electron chi connectivity index (χ3n) is 4.61. The van der Waals surface area contributed by atoms with Crippen LogP contribution in [0.25, 0.3) is 0 Å². The van der Waals surface area contributed by atoms with Crippen LogP contribution >= 0.6 is 0 Å². The molecule has 1 aliphatic carbocycles. The summed E-state index contributed by atoms with van der Waals surface area (Å²) in [6.07, 6.45) is 6.40. The van der Waals surface area contributed by atoms with Crippen LogP contribution in [-0.4, -0.2) is 41.6 Å². The molecule has 0 spiro atoms. The second kappa shape index (κ2) is 7.30. The lowest BCUT2D eigenvalue weighted by Gasteiger charge is -2.35. The van der Waals surface area contributed by atoms with Crippen LogP contribution in [0.4, 0.5) is 4.79 Å². The second-order valence-electron chi connectivity index (χ2n) is 6.11. The Morgan fingerprint density at radius 1 is 1.24 bits per heavy atom. The van der Waals surface area contributed by atoms with E-state index in [2.05, 4.69) is 11.4 Å². The molecule has 1 aliphatic heterocycles. The molecule has 0 aromatic carbocycles. The number of nitrogens with zero attached hydrogens (tertiary/aromatic N) is 2. The molecule has 2 fully saturated rings. The van der Waals surface area contributed by atoms with Crippen LogP contribution in [0.2, 0.25) is 0 Å². The molecule has 1 heterocycles. The molecule has 0 aromatic heterocycles. The summed E-state index contributed by atoms with van der Waals surface area (Å²) in [7, 11) is 0. The number of hydrogen-bond donors (Lipinski definition) is 2. The molecule has 2 rings (SSSR count). The topological polar surface area (TPSA) is 93.4 Å². The minimum absolute atomic E-state index is 0.0760. The molecular weight excluding hydrogens is 270 g/mol. The van der Waals surface area contributed by atoms with Crippen molar-refractivity contribution in [2.24, 2.45) is 17.8 Å². The summed E-state index contributed by atoms with van der Waals surface area (Å²) in [5.74, 6) is -1.23. The molecule has 2 N–H and O–H groups in total. The van der Waals surface area contributed by atoms with Crippen molar-refractivity contribution >= 4 is 12.0 Å². The van der Waals surface area contributed by atoms with Gasteiger partial charge in [0.15, 0.2) is 0 Å². The normalized spacial score (nSPS) is 21.8. The number of carbonyl (C=O) groups excluding carboxylic acids is 1. The number of urea groups is 1. The van der Waals surface area contributed by atoms with E-state index in [1.807, 2.05) is 0 Å². The maximum absolute atomic E-state index is 11.9. The first-order valence-corrected chi connectivity index (χ1v) is 7.77. The van der Waals surface area contributed by atoms with Gasteiger partial charge >= 0.3 is 12.0 Å². The summed E-state index contributed by atoms with van der Waals surface area (Å²) in [6, 6.07) is 1.86. The molecule has 2 amide bonds. The fourth-order valence-corrected chi connectivity index (χ4v) is 3.20. The Bertz CT molecular complexity index is 418. The largest absolute Gasteiger partial charge is 0.481 e. The SMILES string of the molecule is N#CC1CN(C(=O)NCC(C(=O)O)C2CCCCCC2)C1. The summed E-state index contributed by atoms with van der Waals surface area (Å²) in [4.78, 5) is 24.9.